The number of aliphatic hydroxyl groups is 1. The number of rotatable bonds is 7. The van der Waals surface area contributed by atoms with E-state index in [2.05, 4.69) is 5.32 Å². The number of nitrogens with one attached hydrogen (secondary N) is 1. The average Bonchev–Trinajstić information content (AvgIpc) is 2.82. The summed E-state index contributed by atoms with van der Waals surface area (Å²) in [6, 6.07) is 0. The summed E-state index contributed by atoms with van der Waals surface area (Å²) in [5.74, 6) is 4.02. The number of carbonyl (C=O) groups is 1. The highest BCUT2D eigenvalue weighted by atomic mass is 16.2. The van der Waals surface area contributed by atoms with Gasteiger partial charge < -0.3 is 10.4 Å². The topological polar surface area (TPSA) is 49.3 Å². The molecule has 0 aromatic carbocycles. The second-order valence-electron chi connectivity index (χ2n) is 6.44. The predicted octanol–water partition coefficient (Wildman–Crippen LogP) is 1.95. The van der Waals surface area contributed by atoms with Gasteiger partial charge in [-0.1, -0.05) is 12.8 Å². The van der Waals surface area contributed by atoms with Crippen molar-refractivity contribution in [1.29, 1.82) is 0 Å². The summed E-state index contributed by atoms with van der Waals surface area (Å²) >= 11 is 0. The zero-order valence-electron chi connectivity index (χ0n) is 11.1. The summed E-state index contributed by atoms with van der Waals surface area (Å²) in [6.45, 7) is 1.12. The van der Waals surface area contributed by atoms with Crippen molar-refractivity contribution < 1.29 is 9.90 Å². The highest BCUT2D eigenvalue weighted by Gasteiger charge is 2.67. The number of fused-ring (bicyclic) bond motifs is 5. The molecule has 3 rings (SSSR count). The molecule has 3 aliphatic rings. The summed E-state index contributed by atoms with van der Waals surface area (Å²) in [6.07, 6.45) is 8.33. The van der Waals surface area contributed by atoms with Crippen molar-refractivity contribution in [3.05, 3.63) is 0 Å². The van der Waals surface area contributed by atoms with E-state index in [9.17, 15) is 4.79 Å². The van der Waals surface area contributed by atoms with Crippen LogP contribution in [0, 0.1) is 29.6 Å². The zero-order valence-corrected chi connectivity index (χ0v) is 11.1. The molecule has 0 heterocycles. The van der Waals surface area contributed by atoms with Crippen LogP contribution in [0.4, 0.5) is 0 Å². The van der Waals surface area contributed by atoms with Crippen LogP contribution in [-0.2, 0) is 4.79 Å². The first-order chi connectivity index (χ1) is 8.83. The standard InChI is InChI=1S/C15H25NO2/c17-8-4-2-1-3-7-16-15(18)14-12-10-5-6-11(9-10)13(12)14/h10-14,17H,1-9H2,(H,16,18). The van der Waals surface area contributed by atoms with Gasteiger partial charge in [-0.2, -0.15) is 0 Å². The summed E-state index contributed by atoms with van der Waals surface area (Å²) < 4.78 is 0. The van der Waals surface area contributed by atoms with E-state index in [0.717, 1.165) is 55.9 Å². The Bertz CT molecular complexity index is 302. The van der Waals surface area contributed by atoms with Gasteiger partial charge in [0.1, 0.15) is 0 Å². The quantitative estimate of drug-likeness (QED) is 0.679. The Morgan fingerprint density at radius 2 is 1.72 bits per heavy atom. The molecule has 2 bridgehead atoms. The third-order valence-corrected chi connectivity index (χ3v) is 5.42. The lowest BCUT2D eigenvalue weighted by Crippen LogP contribution is -2.28. The second-order valence-corrected chi connectivity index (χ2v) is 6.44. The van der Waals surface area contributed by atoms with Gasteiger partial charge in [0, 0.05) is 19.1 Å². The molecule has 4 atom stereocenters. The lowest BCUT2D eigenvalue weighted by Gasteiger charge is -2.09. The van der Waals surface area contributed by atoms with Crippen molar-refractivity contribution in [2.24, 2.45) is 29.6 Å². The molecule has 3 heteroatoms. The van der Waals surface area contributed by atoms with Crippen molar-refractivity contribution >= 4 is 5.91 Å². The lowest BCUT2D eigenvalue weighted by atomic mass is 10.0. The molecule has 0 aliphatic heterocycles. The molecule has 102 valence electrons. The Morgan fingerprint density at radius 3 is 2.39 bits per heavy atom. The summed E-state index contributed by atoms with van der Waals surface area (Å²) in [5, 5.41) is 11.8. The fourth-order valence-electron chi connectivity index (χ4n) is 4.60. The monoisotopic (exact) mass is 251 g/mol. The molecule has 3 saturated carbocycles. The van der Waals surface area contributed by atoms with E-state index in [-0.39, 0.29) is 0 Å². The van der Waals surface area contributed by atoms with Crippen LogP contribution in [0.5, 0.6) is 0 Å². The highest BCUT2D eigenvalue weighted by Crippen LogP contribution is 2.69. The number of aliphatic hydroxyl groups excluding tert-OH is 1. The largest absolute Gasteiger partial charge is 0.396 e. The zero-order chi connectivity index (χ0) is 12.5. The van der Waals surface area contributed by atoms with Crippen molar-refractivity contribution in [3.8, 4) is 0 Å². The van der Waals surface area contributed by atoms with Crippen molar-refractivity contribution in [2.45, 2.75) is 44.9 Å². The molecule has 0 aromatic rings. The Labute approximate surface area is 109 Å². The molecule has 3 nitrogen and oxygen atoms in total. The van der Waals surface area contributed by atoms with Gasteiger partial charge in [0.15, 0.2) is 0 Å². The van der Waals surface area contributed by atoms with Gasteiger partial charge in [0.2, 0.25) is 5.91 Å². The summed E-state index contributed by atoms with van der Waals surface area (Å²) in [7, 11) is 0. The van der Waals surface area contributed by atoms with Crippen LogP contribution >= 0.6 is 0 Å². The molecule has 18 heavy (non-hydrogen) atoms. The van der Waals surface area contributed by atoms with Crippen LogP contribution in [0.1, 0.15) is 44.9 Å². The molecule has 3 fully saturated rings. The van der Waals surface area contributed by atoms with E-state index in [1.165, 1.54) is 19.3 Å². The van der Waals surface area contributed by atoms with E-state index in [0.29, 0.717) is 18.4 Å². The normalized spacial score (nSPS) is 39.7. The van der Waals surface area contributed by atoms with Gasteiger partial charge in [0.25, 0.3) is 0 Å². The van der Waals surface area contributed by atoms with Gasteiger partial charge in [0.05, 0.1) is 0 Å². The third-order valence-electron chi connectivity index (χ3n) is 5.42. The Morgan fingerprint density at radius 1 is 1.06 bits per heavy atom. The van der Waals surface area contributed by atoms with Crippen LogP contribution < -0.4 is 5.32 Å². The maximum Gasteiger partial charge on any atom is 0.223 e. The molecule has 0 aromatic heterocycles. The fraction of sp³-hybridized carbons (Fsp3) is 0.933. The van der Waals surface area contributed by atoms with E-state index >= 15 is 0 Å². The molecular formula is C15H25NO2. The maximum atomic E-state index is 12.1. The SMILES string of the molecule is O=C(NCCCCCCO)C1C2C3CCC(C3)C12. The molecule has 2 N–H and O–H groups in total. The fourth-order valence-corrected chi connectivity index (χ4v) is 4.60. The van der Waals surface area contributed by atoms with Crippen LogP contribution in [0.25, 0.3) is 0 Å². The highest BCUT2D eigenvalue weighted by molar-refractivity contribution is 5.82. The number of hydrogen-bond acceptors (Lipinski definition) is 2. The van der Waals surface area contributed by atoms with Crippen LogP contribution in [-0.4, -0.2) is 24.2 Å². The summed E-state index contributed by atoms with van der Waals surface area (Å²) in [5.41, 5.74) is 0. The van der Waals surface area contributed by atoms with Crippen LogP contribution in [0.15, 0.2) is 0 Å². The molecule has 0 spiro atoms. The molecule has 0 radical (unpaired) electrons. The van der Waals surface area contributed by atoms with Crippen molar-refractivity contribution in [3.63, 3.8) is 0 Å². The minimum Gasteiger partial charge on any atom is -0.396 e. The lowest BCUT2D eigenvalue weighted by molar-refractivity contribution is -0.123. The van der Waals surface area contributed by atoms with E-state index in [4.69, 9.17) is 5.11 Å². The van der Waals surface area contributed by atoms with Crippen molar-refractivity contribution in [1.82, 2.24) is 5.32 Å². The van der Waals surface area contributed by atoms with Gasteiger partial charge in [-0.15, -0.1) is 0 Å². The average molecular weight is 251 g/mol. The molecule has 1 amide bonds. The molecule has 3 aliphatic carbocycles. The Balaban J connectivity index is 1.32. The minimum atomic E-state index is 0.292. The third kappa shape index (κ3) is 2.18. The molecular weight excluding hydrogens is 226 g/mol. The number of unbranched alkanes of at least 4 members (excludes halogenated alkanes) is 3. The Hall–Kier alpha value is -0.570. The van der Waals surface area contributed by atoms with Gasteiger partial charge >= 0.3 is 0 Å². The van der Waals surface area contributed by atoms with E-state index in [1.807, 2.05) is 0 Å². The van der Waals surface area contributed by atoms with E-state index < -0.39 is 0 Å². The predicted molar refractivity (Wildman–Crippen MR) is 69.9 cm³/mol. The first kappa shape index (κ1) is 12.5. The van der Waals surface area contributed by atoms with Gasteiger partial charge in [-0.25, -0.2) is 0 Å². The van der Waals surface area contributed by atoms with Gasteiger partial charge in [-0.05, 0) is 55.8 Å². The van der Waals surface area contributed by atoms with Crippen LogP contribution in [0.2, 0.25) is 0 Å². The minimum absolute atomic E-state index is 0.292. The smallest absolute Gasteiger partial charge is 0.223 e. The second kappa shape index (κ2) is 5.20. The van der Waals surface area contributed by atoms with Crippen LogP contribution in [0.3, 0.4) is 0 Å². The van der Waals surface area contributed by atoms with E-state index in [1.54, 1.807) is 0 Å². The maximum absolute atomic E-state index is 12.1. The summed E-state index contributed by atoms with van der Waals surface area (Å²) in [4.78, 5) is 12.1. The molecule has 0 saturated heterocycles. The Kier molecular flexibility index (Phi) is 3.60. The molecule has 4 unspecified atom stereocenters. The van der Waals surface area contributed by atoms with Crippen molar-refractivity contribution in [2.75, 3.05) is 13.2 Å². The number of amides is 1. The number of carbonyl (C=O) groups excluding carboxylic acids is 1. The first-order valence-electron chi connectivity index (χ1n) is 7.71. The first-order valence-corrected chi connectivity index (χ1v) is 7.71. The van der Waals surface area contributed by atoms with Gasteiger partial charge in [-0.3, -0.25) is 4.79 Å². The number of hydrogen-bond donors (Lipinski definition) is 2.